The van der Waals surface area contributed by atoms with E-state index in [1.807, 2.05) is 0 Å². The standard InChI is InChI=1S/C9H12N2O3/c1-2-3-14-9(13)4-8-10-5-7(6-12)11-8/h2,5,12H,1,3-4,6H2,(H,10,11). The van der Waals surface area contributed by atoms with E-state index >= 15 is 0 Å². The molecule has 1 aromatic rings. The summed E-state index contributed by atoms with van der Waals surface area (Å²) >= 11 is 0. The fraction of sp³-hybridized carbons (Fsp3) is 0.333. The Morgan fingerprint density at radius 2 is 2.57 bits per heavy atom. The molecule has 0 saturated carbocycles. The van der Waals surface area contributed by atoms with Crippen molar-refractivity contribution in [2.75, 3.05) is 6.61 Å². The second kappa shape index (κ2) is 5.18. The van der Waals surface area contributed by atoms with Crippen LogP contribution in [-0.2, 0) is 22.6 Å². The van der Waals surface area contributed by atoms with E-state index in [1.54, 1.807) is 0 Å². The van der Waals surface area contributed by atoms with Gasteiger partial charge in [0, 0.05) is 0 Å². The molecule has 0 unspecified atom stereocenters. The molecule has 5 heteroatoms. The van der Waals surface area contributed by atoms with Gasteiger partial charge in [0.2, 0.25) is 0 Å². The van der Waals surface area contributed by atoms with Gasteiger partial charge in [-0.15, -0.1) is 0 Å². The number of carbonyl (C=O) groups is 1. The van der Waals surface area contributed by atoms with Crippen LogP contribution in [0.2, 0.25) is 0 Å². The summed E-state index contributed by atoms with van der Waals surface area (Å²) in [5.41, 5.74) is 0.580. The molecule has 0 spiro atoms. The Labute approximate surface area is 81.4 Å². The van der Waals surface area contributed by atoms with E-state index in [0.29, 0.717) is 11.5 Å². The van der Waals surface area contributed by atoms with Crippen molar-refractivity contribution in [1.82, 2.24) is 9.97 Å². The Bertz CT molecular complexity index is 320. The van der Waals surface area contributed by atoms with Crippen LogP contribution in [0.15, 0.2) is 18.9 Å². The largest absolute Gasteiger partial charge is 0.461 e. The third-order valence-electron chi connectivity index (χ3n) is 1.53. The Hall–Kier alpha value is -1.62. The molecule has 0 aromatic carbocycles. The molecule has 14 heavy (non-hydrogen) atoms. The van der Waals surface area contributed by atoms with Gasteiger partial charge in [-0.25, -0.2) is 4.98 Å². The molecule has 1 aromatic heterocycles. The van der Waals surface area contributed by atoms with Gasteiger partial charge in [0.05, 0.1) is 18.5 Å². The molecule has 0 aliphatic carbocycles. The maximum atomic E-state index is 11.1. The SMILES string of the molecule is C=CCOC(=O)Cc1ncc(CO)[nH]1. The predicted molar refractivity (Wildman–Crippen MR) is 49.4 cm³/mol. The summed E-state index contributed by atoms with van der Waals surface area (Å²) in [6.45, 7) is 3.51. The third-order valence-corrected chi connectivity index (χ3v) is 1.53. The van der Waals surface area contributed by atoms with Crippen LogP contribution >= 0.6 is 0 Å². The maximum absolute atomic E-state index is 11.1. The first-order valence-corrected chi connectivity index (χ1v) is 4.16. The fourth-order valence-electron chi connectivity index (χ4n) is 0.916. The van der Waals surface area contributed by atoms with Crippen molar-refractivity contribution in [1.29, 1.82) is 0 Å². The summed E-state index contributed by atoms with van der Waals surface area (Å²) < 4.78 is 4.76. The third kappa shape index (κ3) is 3.02. The number of aromatic amines is 1. The van der Waals surface area contributed by atoms with E-state index in [9.17, 15) is 4.79 Å². The molecule has 0 aliphatic heterocycles. The average Bonchev–Trinajstić information content (AvgIpc) is 2.62. The first kappa shape index (κ1) is 10.5. The molecule has 0 amide bonds. The molecule has 5 nitrogen and oxygen atoms in total. The lowest BCUT2D eigenvalue weighted by atomic mass is 10.4. The van der Waals surface area contributed by atoms with Gasteiger partial charge in [0.1, 0.15) is 18.9 Å². The molecule has 0 fully saturated rings. The Morgan fingerprint density at radius 1 is 1.79 bits per heavy atom. The van der Waals surface area contributed by atoms with Gasteiger partial charge in [-0.2, -0.15) is 0 Å². The van der Waals surface area contributed by atoms with E-state index in [1.165, 1.54) is 12.3 Å². The van der Waals surface area contributed by atoms with Crippen LogP contribution in [0.5, 0.6) is 0 Å². The van der Waals surface area contributed by atoms with Crippen LogP contribution in [0.25, 0.3) is 0 Å². The number of hydrogen-bond donors (Lipinski definition) is 2. The van der Waals surface area contributed by atoms with Gasteiger partial charge in [0.25, 0.3) is 0 Å². The zero-order chi connectivity index (χ0) is 10.4. The minimum Gasteiger partial charge on any atom is -0.461 e. The first-order valence-electron chi connectivity index (χ1n) is 4.16. The number of aliphatic hydroxyl groups is 1. The summed E-state index contributed by atoms with van der Waals surface area (Å²) in [6.07, 6.45) is 3.06. The van der Waals surface area contributed by atoms with Gasteiger partial charge in [-0.05, 0) is 0 Å². The Kier molecular flexibility index (Phi) is 3.87. The summed E-state index contributed by atoms with van der Waals surface area (Å²) in [5.74, 6) is 0.117. The first-order chi connectivity index (χ1) is 6.76. The van der Waals surface area contributed by atoms with Gasteiger partial charge in [0.15, 0.2) is 0 Å². The number of H-pyrrole nitrogens is 1. The fourth-order valence-corrected chi connectivity index (χ4v) is 0.916. The maximum Gasteiger partial charge on any atom is 0.313 e. The summed E-state index contributed by atoms with van der Waals surface area (Å²) in [7, 11) is 0. The number of esters is 1. The van der Waals surface area contributed by atoms with Gasteiger partial charge in [-0.3, -0.25) is 4.79 Å². The predicted octanol–water partition coefficient (Wildman–Crippen LogP) is 0.174. The van der Waals surface area contributed by atoms with Crippen LogP contribution in [0.3, 0.4) is 0 Å². The van der Waals surface area contributed by atoms with Crippen LogP contribution in [-0.4, -0.2) is 27.7 Å². The van der Waals surface area contributed by atoms with E-state index in [-0.39, 0.29) is 25.6 Å². The Balaban J connectivity index is 2.43. The molecule has 0 atom stereocenters. The zero-order valence-corrected chi connectivity index (χ0v) is 7.69. The van der Waals surface area contributed by atoms with Crippen LogP contribution in [0, 0.1) is 0 Å². The Morgan fingerprint density at radius 3 is 3.14 bits per heavy atom. The van der Waals surface area contributed by atoms with Crippen molar-refractivity contribution in [3.05, 3.63) is 30.4 Å². The van der Waals surface area contributed by atoms with E-state index in [0.717, 1.165) is 0 Å². The zero-order valence-electron chi connectivity index (χ0n) is 7.69. The number of hydrogen-bond acceptors (Lipinski definition) is 4. The average molecular weight is 196 g/mol. The highest BCUT2D eigenvalue weighted by Gasteiger charge is 2.07. The monoisotopic (exact) mass is 196 g/mol. The normalized spacial score (nSPS) is 9.79. The number of nitrogens with one attached hydrogen (secondary N) is 1. The van der Waals surface area contributed by atoms with Gasteiger partial charge < -0.3 is 14.8 Å². The molecule has 1 rings (SSSR count). The van der Waals surface area contributed by atoms with Crippen molar-refractivity contribution < 1.29 is 14.6 Å². The minimum atomic E-state index is -0.372. The summed E-state index contributed by atoms with van der Waals surface area (Å²) in [5, 5.41) is 8.73. The number of aromatic nitrogens is 2. The highest BCUT2D eigenvalue weighted by Crippen LogP contribution is 1.98. The van der Waals surface area contributed by atoms with Gasteiger partial charge >= 0.3 is 5.97 Å². The number of aliphatic hydroxyl groups excluding tert-OH is 1. The molecule has 0 aliphatic rings. The quantitative estimate of drug-likeness (QED) is 0.520. The number of rotatable bonds is 5. The molecule has 0 saturated heterocycles. The molecular formula is C9H12N2O3. The van der Waals surface area contributed by atoms with Crippen molar-refractivity contribution in [3.8, 4) is 0 Å². The number of imidazole rings is 1. The van der Waals surface area contributed by atoms with Crippen LogP contribution in [0.1, 0.15) is 11.5 Å². The minimum absolute atomic E-state index is 0.0772. The van der Waals surface area contributed by atoms with Crippen LogP contribution in [0.4, 0.5) is 0 Å². The molecule has 2 N–H and O–H groups in total. The molecule has 0 radical (unpaired) electrons. The lowest BCUT2D eigenvalue weighted by Gasteiger charge is -1.98. The van der Waals surface area contributed by atoms with E-state index in [2.05, 4.69) is 16.5 Å². The lowest BCUT2D eigenvalue weighted by molar-refractivity contribution is -0.141. The molecule has 76 valence electrons. The van der Waals surface area contributed by atoms with Crippen molar-refractivity contribution in [2.24, 2.45) is 0 Å². The van der Waals surface area contributed by atoms with Crippen molar-refractivity contribution in [2.45, 2.75) is 13.0 Å². The second-order valence-electron chi connectivity index (χ2n) is 2.66. The van der Waals surface area contributed by atoms with Crippen LogP contribution < -0.4 is 0 Å². The lowest BCUT2D eigenvalue weighted by Crippen LogP contribution is -2.09. The van der Waals surface area contributed by atoms with E-state index in [4.69, 9.17) is 9.84 Å². The molecular weight excluding hydrogens is 184 g/mol. The number of ether oxygens (including phenoxy) is 1. The smallest absolute Gasteiger partial charge is 0.313 e. The highest BCUT2D eigenvalue weighted by molar-refractivity contribution is 5.71. The van der Waals surface area contributed by atoms with E-state index < -0.39 is 0 Å². The van der Waals surface area contributed by atoms with Crippen molar-refractivity contribution in [3.63, 3.8) is 0 Å². The highest BCUT2D eigenvalue weighted by atomic mass is 16.5. The second-order valence-corrected chi connectivity index (χ2v) is 2.66. The number of nitrogens with zero attached hydrogens (tertiary/aromatic N) is 1. The van der Waals surface area contributed by atoms with Gasteiger partial charge in [-0.1, -0.05) is 12.7 Å². The summed E-state index contributed by atoms with van der Waals surface area (Å²) in [6, 6.07) is 0. The summed E-state index contributed by atoms with van der Waals surface area (Å²) in [4.78, 5) is 17.8. The topological polar surface area (TPSA) is 75.2 Å². The van der Waals surface area contributed by atoms with Crippen molar-refractivity contribution >= 4 is 5.97 Å². The molecule has 0 bridgehead atoms. The number of carbonyl (C=O) groups excluding carboxylic acids is 1. The molecule has 1 heterocycles.